The first-order valence-electron chi connectivity index (χ1n) is 8.81. The number of hydrogen-bond acceptors (Lipinski definition) is 8. The summed E-state index contributed by atoms with van der Waals surface area (Å²) in [5.74, 6) is 0.468. The number of aromatic nitrogens is 1. The fourth-order valence-electron chi connectivity index (χ4n) is 2.22. The van der Waals surface area contributed by atoms with Crippen LogP contribution in [-0.2, 0) is 9.53 Å². The van der Waals surface area contributed by atoms with Crippen molar-refractivity contribution < 1.29 is 23.8 Å². The van der Waals surface area contributed by atoms with Crippen LogP contribution in [0.5, 0.6) is 11.5 Å². The lowest BCUT2D eigenvalue weighted by Crippen LogP contribution is -2.21. The van der Waals surface area contributed by atoms with Crippen molar-refractivity contribution in [3.8, 4) is 11.5 Å². The fourth-order valence-corrected chi connectivity index (χ4v) is 2.93. The molecular weight excluding hydrogens is 382 g/mol. The quantitative estimate of drug-likeness (QED) is 0.582. The number of methoxy groups -OCH3 is 2. The van der Waals surface area contributed by atoms with Crippen LogP contribution in [0.25, 0.3) is 0 Å². The highest BCUT2D eigenvalue weighted by atomic mass is 32.1. The molecular formula is C19H25N3O5S. The third kappa shape index (κ3) is 6.41. The maximum Gasteiger partial charge on any atom is 0.358 e. The van der Waals surface area contributed by atoms with Crippen molar-refractivity contribution >= 4 is 34.0 Å². The summed E-state index contributed by atoms with van der Waals surface area (Å²) in [6.45, 7) is 4.62. The van der Waals surface area contributed by atoms with Crippen LogP contribution in [0.3, 0.4) is 0 Å². The van der Waals surface area contributed by atoms with Crippen molar-refractivity contribution in [2.45, 2.75) is 20.3 Å². The molecule has 1 aromatic heterocycles. The van der Waals surface area contributed by atoms with Gasteiger partial charge in [0.1, 0.15) is 11.5 Å². The van der Waals surface area contributed by atoms with Crippen LogP contribution < -0.4 is 20.1 Å². The first-order chi connectivity index (χ1) is 13.4. The fraction of sp³-hybridized carbons (Fsp3) is 0.421. The summed E-state index contributed by atoms with van der Waals surface area (Å²) in [5.41, 5.74) is 0.594. The Bertz CT molecular complexity index is 807. The third-order valence-corrected chi connectivity index (χ3v) is 4.53. The van der Waals surface area contributed by atoms with Crippen LogP contribution in [0.15, 0.2) is 23.6 Å². The van der Waals surface area contributed by atoms with Gasteiger partial charge in [-0.15, -0.1) is 11.3 Å². The lowest BCUT2D eigenvalue weighted by Gasteiger charge is -2.11. The molecule has 0 spiro atoms. The van der Waals surface area contributed by atoms with Crippen molar-refractivity contribution in [2.75, 3.05) is 38.0 Å². The number of anilines is 2. The number of carbonyl (C=O) groups excluding carboxylic acids is 2. The number of benzene rings is 1. The summed E-state index contributed by atoms with van der Waals surface area (Å²) in [5, 5.41) is 8.05. The Balaban J connectivity index is 1.86. The van der Waals surface area contributed by atoms with E-state index in [4.69, 9.17) is 14.2 Å². The number of hydrogen-bond donors (Lipinski definition) is 2. The average Bonchev–Trinajstić information content (AvgIpc) is 3.14. The Hall–Kier alpha value is -2.81. The number of rotatable bonds is 10. The van der Waals surface area contributed by atoms with Gasteiger partial charge in [-0.25, -0.2) is 9.78 Å². The first kappa shape index (κ1) is 21.5. The van der Waals surface area contributed by atoms with Gasteiger partial charge in [-0.2, -0.15) is 0 Å². The highest BCUT2D eigenvalue weighted by Gasteiger charge is 2.15. The van der Waals surface area contributed by atoms with E-state index in [1.165, 1.54) is 25.6 Å². The molecule has 2 aromatic rings. The zero-order valence-corrected chi connectivity index (χ0v) is 17.2. The Labute approximate surface area is 168 Å². The Kier molecular flexibility index (Phi) is 8.06. The summed E-state index contributed by atoms with van der Waals surface area (Å²) in [4.78, 5) is 28.4. The molecule has 0 saturated heterocycles. The van der Waals surface area contributed by atoms with Crippen LogP contribution in [0.4, 0.5) is 10.8 Å². The molecule has 0 fully saturated rings. The smallest absolute Gasteiger partial charge is 0.358 e. The molecule has 28 heavy (non-hydrogen) atoms. The number of nitrogens with zero attached hydrogens (tertiary/aromatic N) is 1. The summed E-state index contributed by atoms with van der Waals surface area (Å²) in [7, 11) is 3.02. The number of thiazole rings is 1. The maximum absolute atomic E-state index is 12.1. The van der Waals surface area contributed by atoms with Crippen molar-refractivity contribution in [3.63, 3.8) is 0 Å². The molecule has 0 saturated carbocycles. The normalized spacial score (nSPS) is 10.5. The number of amides is 1. The van der Waals surface area contributed by atoms with Gasteiger partial charge in [-0.1, -0.05) is 13.8 Å². The van der Waals surface area contributed by atoms with Crippen molar-refractivity contribution in [1.29, 1.82) is 0 Å². The number of ether oxygens (including phenoxy) is 3. The van der Waals surface area contributed by atoms with E-state index in [1.807, 2.05) is 0 Å². The topological polar surface area (TPSA) is 98.8 Å². The second-order valence-electron chi connectivity index (χ2n) is 6.34. The van der Waals surface area contributed by atoms with Gasteiger partial charge in [0.05, 0.1) is 19.9 Å². The molecule has 0 aliphatic rings. The van der Waals surface area contributed by atoms with E-state index in [2.05, 4.69) is 29.5 Å². The standard InChI is InChI=1S/C19H25N3O5S/c1-12(2)7-8-20-19-22-15(11-28-19)18(24)27-10-17(23)21-14-9-13(25-3)5-6-16(14)26-4/h5-6,9,11-12H,7-8,10H2,1-4H3,(H,20,22)(H,21,23). The molecule has 1 aromatic carbocycles. The Morgan fingerprint density at radius 2 is 2.00 bits per heavy atom. The van der Waals surface area contributed by atoms with Gasteiger partial charge in [0, 0.05) is 18.0 Å². The van der Waals surface area contributed by atoms with Crippen molar-refractivity contribution in [1.82, 2.24) is 4.98 Å². The van der Waals surface area contributed by atoms with E-state index < -0.39 is 18.5 Å². The zero-order valence-electron chi connectivity index (χ0n) is 16.4. The van der Waals surface area contributed by atoms with Gasteiger partial charge >= 0.3 is 5.97 Å². The van der Waals surface area contributed by atoms with Crippen molar-refractivity contribution in [3.05, 3.63) is 29.3 Å². The van der Waals surface area contributed by atoms with E-state index in [0.717, 1.165) is 13.0 Å². The summed E-state index contributed by atoms with van der Waals surface area (Å²) < 4.78 is 15.4. The van der Waals surface area contributed by atoms with Gasteiger partial charge in [0.15, 0.2) is 17.4 Å². The number of esters is 1. The number of nitrogens with one attached hydrogen (secondary N) is 2. The van der Waals surface area contributed by atoms with Crippen LogP contribution in [0.1, 0.15) is 30.8 Å². The Morgan fingerprint density at radius 1 is 1.21 bits per heavy atom. The zero-order chi connectivity index (χ0) is 20.5. The van der Waals surface area contributed by atoms with Crippen LogP contribution in [-0.4, -0.2) is 44.2 Å². The molecule has 152 valence electrons. The van der Waals surface area contributed by atoms with E-state index in [9.17, 15) is 9.59 Å². The molecule has 0 aliphatic heterocycles. The minimum atomic E-state index is -0.652. The maximum atomic E-state index is 12.1. The van der Waals surface area contributed by atoms with Crippen molar-refractivity contribution in [2.24, 2.45) is 5.92 Å². The molecule has 0 atom stereocenters. The van der Waals surface area contributed by atoms with Gasteiger partial charge < -0.3 is 24.8 Å². The second-order valence-corrected chi connectivity index (χ2v) is 7.20. The molecule has 2 rings (SSSR count). The third-order valence-electron chi connectivity index (χ3n) is 3.73. The molecule has 0 bridgehead atoms. The van der Waals surface area contributed by atoms with Gasteiger partial charge in [0.25, 0.3) is 5.91 Å². The molecule has 0 radical (unpaired) electrons. The van der Waals surface area contributed by atoms with Gasteiger partial charge in [0.2, 0.25) is 0 Å². The van der Waals surface area contributed by atoms with Gasteiger partial charge in [-0.3, -0.25) is 4.79 Å². The molecule has 2 N–H and O–H groups in total. The SMILES string of the molecule is COc1ccc(OC)c(NC(=O)COC(=O)c2csc(NCCC(C)C)n2)c1. The molecule has 0 aliphatic carbocycles. The number of carbonyl (C=O) groups is 2. The average molecular weight is 407 g/mol. The summed E-state index contributed by atoms with van der Waals surface area (Å²) in [6, 6.07) is 5.00. The van der Waals surface area contributed by atoms with E-state index in [0.29, 0.717) is 28.2 Å². The lowest BCUT2D eigenvalue weighted by molar-refractivity contribution is -0.119. The summed E-state index contributed by atoms with van der Waals surface area (Å²) >= 11 is 1.32. The minimum Gasteiger partial charge on any atom is -0.497 e. The Morgan fingerprint density at radius 3 is 2.68 bits per heavy atom. The van der Waals surface area contributed by atoms with E-state index in [-0.39, 0.29) is 5.69 Å². The predicted octanol–water partition coefficient (Wildman–Crippen LogP) is 3.41. The highest BCUT2D eigenvalue weighted by molar-refractivity contribution is 7.13. The highest BCUT2D eigenvalue weighted by Crippen LogP contribution is 2.28. The van der Waals surface area contributed by atoms with Crippen LogP contribution in [0.2, 0.25) is 0 Å². The second kappa shape index (κ2) is 10.5. The first-order valence-corrected chi connectivity index (χ1v) is 9.69. The molecule has 1 amide bonds. The van der Waals surface area contributed by atoms with Gasteiger partial charge in [-0.05, 0) is 24.5 Å². The van der Waals surface area contributed by atoms with E-state index in [1.54, 1.807) is 23.6 Å². The summed E-state index contributed by atoms with van der Waals surface area (Å²) in [6.07, 6.45) is 1.01. The van der Waals surface area contributed by atoms with Crippen LogP contribution >= 0.6 is 11.3 Å². The van der Waals surface area contributed by atoms with Crippen LogP contribution in [0, 0.1) is 5.92 Å². The molecule has 8 nitrogen and oxygen atoms in total. The monoisotopic (exact) mass is 407 g/mol. The van der Waals surface area contributed by atoms with E-state index >= 15 is 0 Å². The lowest BCUT2D eigenvalue weighted by atomic mass is 10.1. The molecule has 0 unspecified atom stereocenters. The molecule has 9 heteroatoms. The predicted molar refractivity (Wildman–Crippen MR) is 109 cm³/mol. The largest absolute Gasteiger partial charge is 0.497 e. The minimum absolute atomic E-state index is 0.170. The molecule has 1 heterocycles.